The fourth-order valence-corrected chi connectivity index (χ4v) is 4.44. The zero-order valence-electron chi connectivity index (χ0n) is 16.3. The van der Waals surface area contributed by atoms with Gasteiger partial charge in [-0.15, -0.1) is 12.4 Å². The predicted octanol–water partition coefficient (Wildman–Crippen LogP) is 3.60. The Morgan fingerprint density at radius 1 is 1.00 bits per heavy atom. The number of H-pyrrole nitrogens is 1. The Bertz CT molecular complexity index is 1070. The Morgan fingerprint density at radius 2 is 1.67 bits per heavy atom. The van der Waals surface area contributed by atoms with Crippen LogP contribution in [0.3, 0.4) is 0 Å². The van der Waals surface area contributed by atoms with Gasteiger partial charge in [0.15, 0.2) is 0 Å². The molecule has 0 bridgehead atoms. The molecule has 30 heavy (non-hydrogen) atoms. The molecule has 0 unspecified atom stereocenters. The maximum absolute atomic E-state index is 13.4. The van der Waals surface area contributed by atoms with Crippen LogP contribution in [0.4, 0.5) is 4.39 Å². The molecule has 8 heteroatoms. The second-order valence-electron chi connectivity index (χ2n) is 7.72. The maximum Gasteiger partial charge on any atom is 0.261 e. The highest BCUT2D eigenvalue weighted by Crippen LogP contribution is 2.32. The van der Waals surface area contributed by atoms with Crippen LogP contribution in [0.5, 0.6) is 0 Å². The van der Waals surface area contributed by atoms with E-state index in [1.54, 1.807) is 30.3 Å². The second kappa shape index (κ2) is 8.16. The van der Waals surface area contributed by atoms with Gasteiger partial charge in [0, 0.05) is 24.4 Å². The molecule has 2 aromatic carbocycles. The lowest BCUT2D eigenvalue weighted by atomic mass is 9.91. The van der Waals surface area contributed by atoms with Crippen molar-refractivity contribution >= 4 is 35.1 Å². The molecule has 6 nitrogen and oxygen atoms in total. The van der Waals surface area contributed by atoms with Crippen molar-refractivity contribution in [2.45, 2.75) is 18.8 Å². The Labute approximate surface area is 179 Å². The standard InChI is InChI=1S/C22H21FN4O2.ClH/c23-15-5-6-18-19(13-15)24-25-20(18)14-7-9-26(10-8-14)11-12-27-21(28)16-3-1-2-4-17(16)22(27)29;/h1-6,13-14H,7-12H2,(H,24,25);1H. The smallest absolute Gasteiger partial charge is 0.261 e. The summed E-state index contributed by atoms with van der Waals surface area (Å²) in [5, 5.41) is 8.34. The van der Waals surface area contributed by atoms with E-state index in [1.165, 1.54) is 17.0 Å². The van der Waals surface area contributed by atoms with Crippen LogP contribution < -0.4 is 0 Å². The lowest BCUT2D eigenvalue weighted by Gasteiger charge is -2.32. The summed E-state index contributed by atoms with van der Waals surface area (Å²) in [5.41, 5.74) is 2.73. The Kier molecular flexibility index (Phi) is 5.58. The van der Waals surface area contributed by atoms with Crippen LogP contribution in [0, 0.1) is 5.82 Å². The van der Waals surface area contributed by atoms with Crippen molar-refractivity contribution in [2.75, 3.05) is 26.2 Å². The predicted molar refractivity (Wildman–Crippen MR) is 114 cm³/mol. The number of amides is 2. The summed E-state index contributed by atoms with van der Waals surface area (Å²) in [7, 11) is 0. The Hall–Kier alpha value is -2.77. The van der Waals surface area contributed by atoms with Crippen molar-refractivity contribution in [3.8, 4) is 0 Å². The van der Waals surface area contributed by atoms with E-state index in [4.69, 9.17) is 0 Å². The first kappa shape index (κ1) is 20.5. The number of nitrogens with zero attached hydrogens (tertiary/aromatic N) is 3. The third-order valence-corrected chi connectivity index (χ3v) is 6.05. The fraction of sp³-hybridized carbons (Fsp3) is 0.318. The number of carbonyl (C=O) groups excluding carboxylic acids is 2. The monoisotopic (exact) mass is 428 g/mol. The van der Waals surface area contributed by atoms with Gasteiger partial charge in [-0.25, -0.2) is 4.39 Å². The van der Waals surface area contributed by atoms with Gasteiger partial charge in [-0.2, -0.15) is 5.10 Å². The molecule has 1 saturated heterocycles. The van der Waals surface area contributed by atoms with Gasteiger partial charge in [0.25, 0.3) is 11.8 Å². The lowest BCUT2D eigenvalue weighted by Crippen LogP contribution is -2.41. The van der Waals surface area contributed by atoms with Crippen LogP contribution in [-0.2, 0) is 0 Å². The molecule has 0 spiro atoms. The summed E-state index contributed by atoms with van der Waals surface area (Å²) >= 11 is 0. The van der Waals surface area contributed by atoms with E-state index in [-0.39, 0.29) is 30.0 Å². The van der Waals surface area contributed by atoms with Crippen LogP contribution in [0.25, 0.3) is 10.9 Å². The summed E-state index contributed by atoms with van der Waals surface area (Å²) in [6.45, 7) is 2.83. The topological polar surface area (TPSA) is 69.3 Å². The van der Waals surface area contributed by atoms with E-state index in [1.807, 2.05) is 0 Å². The molecule has 1 fully saturated rings. The molecule has 3 aromatic rings. The van der Waals surface area contributed by atoms with E-state index < -0.39 is 0 Å². The molecule has 1 aromatic heterocycles. The van der Waals surface area contributed by atoms with E-state index in [0.717, 1.165) is 42.5 Å². The van der Waals surface area contributed by atoms with Gasteiger partial charge >= 0.3 is 0 Å². The highest BCUT2D eigenvalue weighted by atomic mass is 35.5. The van der Waals surface area contributed by atoms with E-state index in [2.05, 4.69) is 15.1 Å². The highest BCUT2D eigenvalue weighted by Gasteiger charge is 2.35. The van der Waals surface area contributed by atoms with Crippen LogP contribution in [0.15, 0.2) is 42.5 Å². The third kappa shape index (κ3) is 3.48. The summed E-state index contributed by atoms with van der Waals surface area (Å²) in [6.07, 6.45) is 1.89. The molecule has 0 aliphatic carbocycles. The number of aromatic nitrogens is 2. The van der Waals surface area contributed by atoms with Gasteiger partial charge in [-0.1, -0.05) is 12.1 Å². The van der Waals surface area contributed by atoms with Gasteiger partial charge in [-0.05, 0) is 56.3 Å². The number of hydrogen-bond donors (Lipinski definition) is 1. The quantitative estimate of drug-likeness (QED) is 0.645. The minimum absolute atomic E-state index is 0. The molecule has 3 heterocycles. The number of hydrogen-bond acceptors (Lipinski definition) is 4. The van der Waals surface area contributed by atoms with Gasteiger partial charge < -0.3 is 4.90 Å². The van der Waals surface area contributed by atoms with E-state index in [9.17, 15) is 14.0 Å². The van der Waals surface area contributed by atoms with Crippen molar-refractivity contribution < 1.29 is 14.0 Å². The summed E-state index contributed by atoms with van der Waals surface area (Å²) in [4.78, 5) is 28.6. The Balaban J connectivity index is 0.00000218. The molecule has 2 aliphatic rings. The van der Waals surface area contributed by atoms with Crippen LogP contribution in [0.2, 0.25) is 0 Å². The largest absolute Gasteiger partial charge is 0.302 e. The number of carbonyl (C=O) groups is 2. The molecule has 5 rings (SSSR count). The van der Waals surface area contributed by atoms with Crippen LogP contribution >= 0.6 is 12.4 Å². The molecular weight excluding hydrogens is 407 g/mol. The first-order valence-corrected chi connectivity index (χ1v) is 9.93. The SMILES string of the molecule is Cl.O=C1c2ccccc2C(=O)N1CCN1CCC(c2n[nH]c3cc(F)ccc23)CC1. The zero-order valence-corrected chi connectivity index (χ0v) is 17.1. The number of piperidine rings is 1. The molecular formula is C22H22ClFN4O2. The summed E-state index contributed by atoms with van der Waals surface area (Å²) < 4.78 is 13.4. The van der Waals surface area contributed by atoms with Gasteiger partial charge in [-0.3, -0.25) is 19.6 Å². The minimum atomic E-state index is -0.268. The zero-order chi connectivity index (χ0) is 20.0. The van der Waals surface area contributed by atoms with Crippen LogP contribution in [-0.4, -0.2) is 58.0 Å². The first-order valence-electron chi connectivity index (χ1n) is 9.93. The molecule has 0 atom stereocenters. The normalized spacial score (nSPS) is 17.4. The number of benzene rings is 2. The maximum atomic E-state index is 13.4. The molecule has 0 saturated carbocycles. The van der Waals surface area contributed by atoms with Crippen molar-refractivity contribution in [3.05, 3.63) is 65.1 Å². The summed E-state index contributed by atoms with van der Waals surface area (Å²) in [5.74, 6) is -0.341. The number of nitrogens with one attached hydrogen (secondary N) is 1. The number of likely N-dealkylation sites (tertiary alicyclic amines) is 1. The molecule has 2 aliphatic heterocycles. The van der Waals surface area contributed by atoms with Gasteiger partial charge in [0.2, 0.25) is 0 Å². The fourth-order valence-electron chi connectivity index (χ4n) is 4.44. The molecule has 0 radical (unpaired) electrons. The van der Waals surface area contributed by atoms with Crippen molar-refractivity contribution in [1.29, 1.82) is 0 Å². The highest BCUT2D eigenvalue weighted by molar-refractivity contribution is 6.21. The molecule has 1 N–H and O–H groups in total. The first-order chi connectivity index (χ1) is 14.1. The van der Waals surface area contributed by atoms with E-state index >= 15 is 0 Å². The number of imide groups is 1. The van der Waals surface area contributed by atoms with Gasteiger partial charge in [0.1, 0.15) is 5.82 Å². The lowest BCUT2D eigenvalue weighted by molar-refractivity contribution is 0.0629. The number of fused-ring (bicyclic) bond motifs is 2. The van der Waals surface area contributed by atoms with Crippen molar-refractivity contribution in [1.82, 2.24) is 20.0 Å². The molecule has 2 amide bonds. The summed E-state index contributed by atoms with van der Waals surface area (Å²) in [6, 6.07) is 11.7. The number of aromatic amines is 1. The van der Waals surface area contributed by atoms with Crippen molar-refractivity contribution in [2.24, 2.45) is 0 Å². The average Bonchev–Trinajstić information content (AvgIpc) is 3.26. The van der Waals surface area contributed by atoms with E-state index in [0.29, 0.717) is 30.1 Å². The van der Waals surface area contributed by atoms with Crippen LogP contribution in [0.1, 0.15) is 45.2 Å². The van der Waals surface area contributed by atoms with Crippen molar-refractivity contribution in [3.63, 3.8) is 0 Å². The second-order valence-corrected chi connectivity index (χ2v) is 7.72. The third-order valence-electron chi connectivity index (χ3n) is 6.05. The van der Waals surface area contributed by atoms with Gasteiger partial charge in [0.05, 0.1) is 22.3 Å². The molecule has 156 valence electrons. The number of halogens is 2. The average molecular weight is 429 g/mol. The minimum Gasteiger partial charge on any atom is -0.302 e. The Morgan fingerprint density at radius 3 is 2.33 bits per heavy atom. The number of rotatable bonds is 4.